The number of aliphatic carboxylic acids is 1. The number of aromatic nitrogens is 1. The molecule has 0 saturated heterocycles. The quantitative estimate of drug-likeness (QED) is 0.824. The van der Waals surface area contributed by atoms with Gasteiger partial charge < -0.3 is 10.4 Å². The van der Waals surface area contributed by atoms with Crippen LogP contribution >= 0.6 is 27.5 Å². The van der Waals surface area contributed by atoms with Gasteiger partial charge in [-0.15, -0.1) is 0 Å². The summed E-state index contributed by atoms with van der Waals surface area (Å²) >= 11 is 8.79. The number of carboxylic acids is 1. The van der Waals surface area contributed by atoms with Crippen LogP contribution < -0.4 is 5.32 Å². The average Bonchev–Trinajstić information content (AvgIpc) is 2.18. The van der Waals surface area contributed by atoms with E-state index >= 15 is 0 Å². The van der Waals surface area contributed by atoms with Crippen LogP contribution in [0.5, 0.6) is 0 Å². The first kappa shape index (κ1) is 11.9. The minimum Gasteiger partial charge on any atom is -0.480 e. The summed E-state index contributed by atoms with van der Waals surface area (Å²) in [5, 5.41) is 10.6. The Kier molecular flexibility index (Phi) is 4.05. The van der Waals surface area contributed by atoms with E-state index in [2.05, 4.69) is 26.2 Å². The van der Waals surface area contributed by atoms with Crippen molar-refractivity contribution in [1.82, 2.24) is 10.3 Å². The van der Waals surface area contributed by atoms with Gasteiger partial charge in [0.1, 0.15) is 11.7 Å². The topological polar surface area (TPSA) is 79.3 Å². The zero-order chi connectivity index (χ0) is 11.4. The fraction of sp³-hybridized carbons (Fsp3) is 0.125. The van der Waals surface area contributed by atoms with Gasteiger partial charge >= 0.3 is 5.97 Å². The summed E-state index contributed by atoms with van der Waals surface area (Å²) in [6, 6.07) is 1.46. The summed E-state index contributed by atoms with van der Waals surface area (Å²) in [4.78, 5) is 25.4. The zero-order valence-corrected chi connectivity index (χ0v) is 9.67. The largest absolute Gasteiger partial charge is 0.480 e. The highest BCUT2D eigenvalue weighted by molar-refractivity contribution is 9.10. The molecule has 1 aromatic rings. The second-order valence-corrected chi connectivity index (χ2v) is 3.84. The first-order valence-corrected chi connectivity index (χ1v) is 4.99. The van der Waals surface area contributed by atoms with E-state index in [1.807, 2.05) is 0 Å². The maximum atomic E-state index is 11.4. The van der Waals surface area contributed by atoms with E-state index in [0.29, 0.717) is 4.47 Å². The molecule has 0 atom stereocenters. The van der Waals surface area contributed by atoms with Crippen molar-refractivity contribution in [2.45, 2.75) is 0 Å². The van der Waals surface area contributed by atoms with E-state index in [0.717, 1.165) is 0 Å². The van der Waals surface area contributed by atoms with Gasteiger partial charge in [-0.3, -0.25) is 9.59 Å². The average molecular weight is 294 g/mol. The third kappa shape index (κ3) is 3.49. The van der Waals surface area contributed by atoms with Gasteiger partial charge in [-0.1, -0.05) is 11.6 Å². The number of pyridine rings is 1. The van der Waals surface area contributed by atoms with Crippen LogP contribution in [0.15, 0.2) is 16.7 Å². The Bertz CT molecular complexity index is 411. The Morgan fingerprint density at radius 1 is 1.60 bits per heavy atom. The standard InChI is InChI=1S/C8H6BrClN2O3/c9-4-1-5(7(10)11-2-4)8(15)12-3-6(13)14/h1-2H,3H2,(H,12,15)(H,13,14). The minimum atomic E-state index is -1.12. The molecule has 1 heterocycles. The molecule has 1 rings (SSSR count). The molecule has 0 radical (unpaired) electrons. The highest BCUT2D eigenvalue weighted by Gasteiger charge is 2.12. The lowest BCUT2D eigenvalue weighted by Gasteiger charge is -2.03. The Morgan fingerprint density at radius 3 is 2.87 bits per heavy atom. The van der Waals surface area contributed by atoms with Crippen LogP contribution in [0.2, 0.25) is 5.15 Å². The molecule has 1 amide bonds. The molecule has 2 N–H and O–H groups in total. The SMILES string of the molecule is O=C(O)CNC(=O)c1cc(Br)cnc1Cl. The van der Waals surface area contributed by atoms with Crippen molar-refractivity contribution in [3.63, 3.8) is 0 Å². The Morgan fingerprint density at radius 2 is 2.27 bits per heavy atom. The van der Waals surface area contributed by atoms with Crippen LogP contribution in [0, 0.1) is 0 Å². The van der Waals surface area contributed by atoms with E-state index in [4.69, 9.17) is 16.7 Å². The number of amides is 1. The molecule has 0 saturated carbocycles. The van der Waals surface area contributed by atoms with Crippen molar-refractivity contribution < 1.29 is 14.7 Å². The van der Waals surface area contributed by atoms with Crippen LogP contribution in [0.4, 0.5) is 0 Å². The smallest absolute Gasteiger partial charge is 0.322 e. The summed E-state index contributed by atoms with van der Waals surface area (Å²) in [6.45, 7) is -0.457. The van der Waals surface area contributed by atoms with Gasteiger partial charge in [-0.05, 0) is 22.0 Å². The molecule has 0 spiro atoms. The molecular weight excluding hydrogens is 287 g/mol. The van der Waals surface area contributed by atoms with Crippen LogP contribution in [-0.2, 0) is 4.79 Å². The van der Waals surface area contributed by atoms with E-state index in [1.165, 1.54) is 12.3 Å². The molecule has 0 unspecified atom stereocenters. The monoisotopic (exact) mass is 292 g/mol. The summed E-state index contributed by atoms with van der Waals surface area (Å²) in [5.74, 6) is -1.70. The predicted molar refractivity (Wildman–Crippen MR) is 56.9 cm³/mol. The van der Waals surface area contributed by atoms with Crippen molar-refractivity contribution in [2.75, 3.05) is 6.54 Å². The number of hydrogen-bond donors (Lipinski definition) is 2. The lowest BCUT2D eigenvalue weighted by atomic mass is 10.2. The summed E-state index contributed by atoms with van der Waals surface area (Å²) in [7, 11) is 0. The molecule has 1 aromatic heterocycles. The molecule has 5 nitrogen and oxygen atoms in total. The number of nitrogens with one attached hydrogen (secondary N) is 1. The third-order valence-corrected chi connectivity index (χ3v) is 2.19. The molecule has 7 heteroatoms. The lowest BCUT2D eigenvalue weighted by Crippen LogP contribution is -2.29. The number of nitrogens with zero attached hydrogens (tertiary/aromatic N) is 1. The Hall–Kier alpha value is -1.14. The second-order valence-electron chi connectivity index (χ2n) is 2.57. The Labute approximate surface area is 98.6 Å². The highest BCUT2D eigenvalue weighted by Crippen LogP contribution is 2.17. The van der Waals surface area contributed by atoms with Crippen molar-refractivity contribution in [1.29, 1.82) is 0 Å². The number of carboxylic acid groups (broad SMARTS) is 1. The maximum absolute atomic E-state index is 11.4. The van der Waals surface area contributed by atoms with Crippen LogP contribution in [0.1, 0.15) is 10.4 Å². The molecule has 80 valence electrons. The molecule has 0 aliphatic heterocycles. The number of carbonyl (C=O) groups is 2. The fourth-order valence-corrected chi connectivity index (χ4v) is 1.35. The molecule has 0 bridgehead atoms. The summed E-state index contributed by atoms with van der Waals surface area (Å²) in [6.07, 6.45) is 1.44. The van der Waals surface area contributed by atoms with Gasteiger partial charge in [-0.2, -0.15) is 0 Å². The van der Waals surface area contributed by atoms with E-state index in [-0.39, 0.29) is 10.7 Å². The zero-order valence-electron chi connectivity index (χ0n) is 7.33. The van der Waals surface area contributed by atoms with Crippen LogP contribution in [0.25, 0.3) is 0 Å². The van der Waals surface area contributed by atoms with Gasteiger partial charge in [0.25, 0.3) is 5.91 Å². The van der Waals surface area contributed by atoms with Gasteiger partial charge in [0.15, 0.2) is 0 Å². The first-order chi connectivity index (χ1) is 7.00. The van der Waals surface area contributed by atoms with Crippen molar-refractivity contribution in [3.05, 3.63) is 27.5 Å². The van der Waals surface area contributed by atoms with Gasteiger partial charge in [0.2, 0.25) is 0 Å². The van der Waals surface area contributed by atoms with Crippen molar-refractivity contribution in [2.24, 2.45) is 0 Å². The van der Waals surface area contributed by atoms with Gasteiger partial charge in [0, 0.05) is 10.7 Å². The first-order valence-electron chi connectivity index (χ1n) is 3.81. The van der Waals surface area contributed by atoms with Crippen LogP contribution in [-0.4, -0.2) is 28.5 Å². The van der Waals surface area contributed by atoms with Gasteiger partial charge in [-0.25, -0.2) is 4.98 Å². The van der Waals surface area contributed by atoms with Gasteiger partial charge in [0.05, 0.1) is 5.56 Å². The fourth-order valence-electron chi connectivity index (χ4n) is 0.833. The number of hydrogen-bond acceptors (Lipinski definition) is 3. The van der Waals surface area contributed by atoms with E-state index in [1.54, 1.807) is 0 Å². The molecule has 0 aliphatic rings. The highest BCUT2D eigenvalue weighted by atomic mass is 79.9. The number of halogens is 2. The predicted octanol–water partition coefficient (Wildman–Crippen LogP) is 1.31. The third-order valence-electron chi connectivity index (χ3n) is 1.45. The van der Waals surface area contributed by atoms with Crippen molar-refractivity contribution in [3.8, 4) is 0 Å². The maximum Gasteiger partial charge on any atom is 0.322 e. The van der Waals surface area contributed by atoms with E-state index < -0.39 is 18.4 Å². The van der Waals surface area contributed by atoms with E-state index in [9.17, 15) is 9.59 Å². The molecule has 0 fully saturated rings. The molecule has 0 aliphatic carbocycles. The number of rotatable bonds is 3. The second kappa shape index (κ2) is 5.09. The summed E-state index contributed by atoms with van der Waals surface area (Å²) < 4.78 is 0.590. The molecular formula is C8H6BrClN2O3. The summed E-state index contributed by atoms with van der Waals surface area (Å²) in [5.41, 5.74) is 0.132. The number of carbonyl (C=O) groups excluding carboxylic acids is 1. The molecule has 15 heavy (non-hydrogen) atoms. The lowest BCUT2D eigenvalue weighted by molar-refractivity contribution is -0.135. The Balaban J connectivity index is 2.81. The normalized spacial score (nSPS) is 9.73. The minimum absolute atomic E-state index is 0.0288. The molecule has 0 aromatic carbocycles. The van der Waals surface area contributed by atoms with Crippen LogP contribution in [0.3, 0.4) is 0 Å². The van der Waals surface area contributed by atoms with Crippen molar-refractivity contribution >= 4 is 39.4 Å².